The van der Waals surface area contributed by atoms with Crippen molar-refractivity contribution in [2.45, 2.75) is 254 Å². The Balaban J connectivity index is 1.01. The number of aliphatic hydroxyl groups excluding tert-OH is 13. The van der Waals surface area contributed by atoms with Crippen LogP contribution in [0.25, 0.3) is 0 Å². The summed E-state index contributed by atoms with van der Waals surface area (Å²) in [4.78, 5) is 14.2. The largest absolute Gasteiger partial charge is 0.394 e. The molecule has 0 aromatic rings. The first-order chi connectivity index (χ1) is 35.7. The van der Waals surface area contributed by atoms with Crippen molar-refractivity contribution in [2.24, 2.45) is 45.3 Å². The number of carbonyl (C=O) groups is 1. The third-order valence-corrected chi connectivity index (χ3v) is 20.7. The normalized spacial score (nSPS) is 52.1. The quantitative estimate of drug-likeness (QED) is 0.0503. The van der Waals surface area contributed by atoms with Crippen LogP contribution in [0, 0.1) is 45.3 Å². The van der Waals surface area contributed by atoms with Gasteiger partial charge in [0.1, 0.15) is 97.8 Å². The van der Waals surface area contributed by atoms with Crippen LogP contribution >= 0.6 is 0 Å². The van der Waals surface area contributed by atoms with E-state index < -0.39 is 165 Å². The van der Waals surface area contributed by atoms with Gasteiger partial charge < -0.3 is 109 Å². The Morgan fingerprint density at radius 1 is 0.592 bits per heavy atom. The van der Waals surface area contributed by atoms with Crippen molar-refractivity contribution in [1.82, 2.24) is 0 Å². The van der Waals surface area contributed by atoms with Gasteiger partial charge in [-0.1, -0.05) is 39.3 Å². The highest BCUT2D eigenvalue weighted by molar-refractivity contribution is 5.62. The predicted octanol–water partition coefficient (Wildman–Crippen LogP) is -0.967. The fourth-order valence-corrected chi connectivity index (χ4v) is 16.0. The molecule has 0 radical (unpaired) electrons. The highest BCUT2D eigenvalue weighted by Crippen LogP contribution is 2.76. The molecule has 0 bridgehead atoms. The molecule has 4 saturated heterocycles. The highest BCUT2D eigenvalue weighted by Gasteiger charge is 2.72. The Labute approximate surface area is 445 Å². The van der Waals surface area contributed by atoms with Gasteiger partial charge in [0.15, 0.2) is 25.2 Å². The van der Waals surface area contributed by atoms with Gasteiger partial charge in [-0.15, -0.1) is 0 Å². The summed E-state index contributed by atoms with van der Waals surface area (Å²) < 4.78 is 49.1. The van der Waals surface area contributed by atoms with Gasteiger partial charge >= 0.3 is 0 Å². The summed E-state index contributed by atoms with van der Waals surface area (Å²) in [6.45, 7) is 14.5. The second-order valence-corrected chi connectivity index (χ2v) is 25.3. The van der Waals surface area contributed by atoms with Crippen molar-refractivity contribution in [1.29, 1.82) is 0 Å². The second kappa shape index (κ2) is 23.1. The average molecular weight is 1090 g/mol. The summed E-state index contributed by atoms with van der Waals surface area (Å²) in [6.07, 6.45) is -21.1. The molecule has 8 aliphatic rings. The van der Waals surface area contributed by atoms with Gasteiger partial charge in [-0.25, -0.2) is 0 Å². The number of aliphatic hydroxyl groups is 13. The lowest BCUT2D eigenvalue weighted by atomic mass is 9.35. The van der Waals surface area contributed by atoms with Gasteiger partial charge in [-0.05, 0) is 132 Å². The first kappa shape index (κ1) is 60.7. The summed E-state index contributed by atoms with van der Waals surface area (Å²) in [7, 11) is 0. The zero-order valence-corrected chi connectivity index (χ0v) is 45.3. The van der Waals surface area contributed by atoms with E-state index in [0.717, 1.165) is 37.7 Å². The summed E-state index contributed by atoms with van der Waals surface area (Å²) >= 11 is 0. The number of ether oxygens (including phenoxy) is 8. The molecule has 0 spiro atoms. The lowest BCUT2D eigenvalue weighted by Crippen LogP contribution is -2.67. The highest BCUT2D eigenvalue weighted by atomic mass is 16.8. The van der Waals surface area contributed by atoms with Gasteiger partial charge in [-0.3, -0.25) is 0 Å². The maximum Gasteiger partial charge on any atom is 0.187 e. The van der Waals surface area contributed by atoms with Crippen molar-refractivity contribution in [3.63, 3.8) is 0 Å². The average Bonchev–Trinajstić information content (AvgIpc) is 3.90. The fraction of sp³-hybridized carbons (Fsp3) is 0.944. The molecule has 76 heavy (non-hydrogen) atoms. The first-order valence-electron chi connectivity index (χ1n) is 27.7. The summed E-state index contributed by atoms with van der Waals surface area (Å²) in [5, 5.41) is 139. The van der Waals surface area contributed by atoms with Crippen molar-refractivity contribution >= 4 is 6.29 Å². The SMILES string of the molecule is CC(C)=CCCC(C)(O[C@@H]1O[C@H](CO[C@@H]2O[C@@H](C)[C@H](O)[C@@H](O)[C@H]2O)[C@@H](O)[C@H](O)[C@H]1O)C1CCC2(C)C1CCC1C3(C=O)CCC(O[C@@H]4O[C@H](CO)[C@@H](O)[C@H](O)[C@H]4O[C@@H]4O[C@H](CO)[C@@H](O)[C@H](O)[C@H]4O)C(C)(C)C3CCC12C. The van der Waals surface area contributed by atoms with Crippen molar-refractivity contribution in [2.75, 3.05) is 19.8 Å². The minimum Gasteiger partial charge on any atom is -0.394 e. The van der Waals surface area contributed by atoms with Crippen LogP contribution in [-0.2, 0) is 42.7 Å². The number of fused-ring (bicyclic) bond motifs is 5. The summed E-state index contributed by atoms with van der Waals surface area (Å²) in [6, 6.07) is 0. The minimum absolute atomic E-state index is 0.0295. The van der Waals surface area contributed by atoms with Crippen LogP contribution in [0.4, 0.5) is 0 Å². The van der Waals surface area contributed by atoms with Crippen LogP contribution in [-0.4, -0.2) is 227 Å². The Kier molecular flexibility index (Phi) is 18.4. The molecule has 0 aromatic carbocycles. The van der Waals surface area contributed by atoms with Crippen molar-refractivity contribution < 1.29 is 109 Å². The van der Waals surface area contributed by atoms with E-state index in [1.54, 1.807) is 0 Å². The lowest BCUT2D eigenvalue weighted by Gasteiger charge is -2.69. The molecule has 438 valence electrons. The molecule has 0 aromatic heterocycles. The lowest BCUT2D eigenvalue weighted by molar-refractivity contribution is -0.378. The van der Waals surface area contributed by atoms with Crippen LogP contribution < -0.4 is 0 Å². The minimum atomic E-state index is -1.83. The standard InChI is InChI=1S/C54H90O22/c1-24(2)10-9-16-53(8,76-48-44(68)40(64)37(61)30(73-48)22-69-46-42(66)38(62)34(58)25(3)70-46)27-13-17-51(6)26(27)11-12-32-52(51,7)18-14-31-50(4,5)33(15-19-54(31,32)23-57)74-49-45(41(65)36(60)29(21-56)72-49)75-47-43(67)39(63)35(59)28(20-55)71-47/h10,23,25-49,55-56,58-68H,9,11-22H2,1-8H3/t25-,26?,27?,28+,29+,30+,31?,32?,33?,34-,35+,36+,37+,38+,39-,40-,41-,42+,43+,44+,45+,46+,47-,48-,49-,51?,52?,53?,54?/m0/s1. The Bertz CT molecular complexity index is 1990. The molecular weight excluding hydrogens is 1000 g/mol. The number of carbonyl (C=O) groups excluding carboxylic acids is 1. The van der Waals surface area contributed by atoms with Gasteiger partial charge in [0.05, 0.1) is 37.6 Å². The molecule has 29 atom stereocenters. The molecular formula is C54H90O22. The van der Waals surface area contributed by atoms with E-state index in [9.17, 15) is 71.2 Å². The van der Waals surface area contributed by atoms with E-state index in [1.807, 2.05) is 20.8 Å². The topological polar surface area (TPSA) is 354 Å². The third kappa shape index (κ3) is 10.5. The fourth-order valence-electron chi connectivity index (χ4n) is 16.0. The molecule has 9 unspecified atom stereocenters. The summed E-state index contributed by atoms with van der Waals surface area (Å²) in [5.74, 6) is -0.171. The van der Waals surface area contributed by atoms with Gasteiger partial charge in [-0.2, -0.15) is 0 Å². The van der Waals surface area contributed by atoms with Crippen molar-refractivity contribution in [3.05, 3.63) is 11.6 Å². The van der Waals surface area contributed by atoms with E-state index in [4.69, 9.17) is 37.9 Å². The number of hydrogen-bond donors (Lipinski definition) is 13. The Morgan fingerprint density at radius 2 is 1.16 bits per heavy atom. The maximum atomic E-state index is 14.2. The molecule has 4 aliphatic carbocycles. The smallest absolute Gasteiger partial charge is 0.187 e. The number of hydrogen-bond acceptors (Lipinski definition) is 22. The van der Waals surface area contributed by atoms with Crippen LogP contribution in [0.15, 0.2) is 11.6 Å². The summed E-state index contributed by atoms with van der Waals surface area (Å²) in [5.41, 5.74) is -1.89. The van der Waals surface area contributed by atoms with Crippen LogP contribution in [0.1, 0.15) is 120 Å². The Hall–Kier alpha value is -1.43. The van der Waals surface area contributed by atoms with Crippen LogP contribution in [0.3, 0.4) is 0 Å². The van der Waals surface area contributed by atoms with Crippen LogP contribution in [0.5, 0.6) is 0 Å². The van der Waals surface area contributed by atoms with Gasteiger partial charge in [0, 0.05) is 5.41 Å². The molecule has 8 rings (SSSR count). The van der Waals surface area contributed by atoms with E-state index in [2.05, 4.69) is 33.8 Å². The zero-order chi connectivity index (χ0) is 55.8. The monoisotopic (exact) mass is 1090 g/mol. The first-order valence-corrected chi connectivity index (χ1v) is 27.7. The van der Waals surface area contributed by atoms with E-state index in [1.165, 1.54) is 13.2 Å². The van der Waals surface area contributed by atoms with E-state index >= 15 is 0 Å². The third-order valence-electron chi connectivity index (χ3n) is 20.7. The van der Waals surface area contributed by atoms with E-state index in [0.29, 0.717) is 32.1 Å². The molecule has 4 saturated carbocycles. The van der Waals surface area contributed by atoms with E-state index in [-0.39, 0.29) is 34.5 Å². The number of allylic oxidation sites excluding steroid dienone is 2. The molecule has 8 fully saturated rings. The number of aldehydes is 1. The Morgan fingerprint density at radius 3 is 1.79 bits per heavy atom. The predicted molar refractivity (Wildman–Crippen MR) is 264 cm³/mol. The van der Waals surface area contributed by atoms with Crippen molar-refractivity contribution in [3.8, 4) is 0 Å². The van der Waals surface area contributed by atoms with Gasteiger partial charge in [0.25, 0.3) is 0 Å². The maximum absolute atomic E-state index is 14.2. The zero-order valence-electron chi connectivity index (χ0n) is 45.3. The molecule has 13 N–H and O–H groups in total. The van der Waals surface area contributed by atoms with Crippen LogP contribution in [0.2, 0.25) is 0 Å². The molecule has 22 heteroatoms. The number of rotatable bonds is 16. The second-order valence-electron chi connectivity index (χ2n) is 25.3. The van der Waals surface area contributed by atoms with Gasteiger partial charge in [0.2, 0.25) is 0 Å². The molecule has 22 nitrogen and oxygen atoms in total. The molecule has 0 amide bonds. The molecule has 4 aliphatic heterocycles. The molecule has 4 heterocycles.